The van der Waals surface area contributed by atoms with Crippen LogP contribution in [0.2, 0.25) is 5.02 Å². The van der Waals surface area contributed by atoms with E-state index in [4.69, 9.17) is 11.6 Å². The third-order valence-corrected chi connectivity index (χ3v) is 1.82. The normalized spacial score (nSPS) is 9.00. The lowest BCUT2D eigenvalue weighted by Gasteiger charge is -1.95. The average molecular weight is 227 g/mol. The fourth-order valence-electron chi connectivity index (χ4n) is 0.886. The molecule has 0 saturated carbocycles. The van der Waals surface area contributed by atoms with Crippen molar-refractivity contribution in [3.8, 4) is 11.8 Å². The highest BCUT2D eigenvalue weighted by Crippen LogP contribution is 2.16. The van der Waals surface area contributed by atoms with E-state index in [1.807, 2.05) is 0 Å². The summed E-state index contributed by atoms with van der Waals surface area (Å²) in [6.45, 7) is 1.91. The Morgan fingerprint density at radius 1 is 1.60 bits per heavy atom. The molecule has 78 valence electrons. The predicted octanol–water partition coefficient (Wildman–Crippen LogP) is 2.39. The van der Waals surface area contributed by atoms with Crippen LogP contribution in [0.5, 0.6) is 0 Å². The Hall–Kier alpha value is -1.53. The SMILES string of the molecule is CCOC(=O)C#Cc1cccc(Cl)c1F. The molecule has 0 aromatic heterocycles. The Labute approximate surface area is 92.0 Å². The summed E-state index contributed by atoms with van der Waals surface area (Å²) in [5.41, 5.74) is 0.0792. The van der Waals surface area contributed by atoms with Gasteiger partial charge in [-0.05, 0) is 19.1 Å². The zero-order valence-electron chi connectivity index (χ0n) is 8.01. The zero-order valence-corrected chi connectivity index (χ0v) is 8.77. The van der Waals surface area contributed by atoms with Gasteiger partial charge in [-0.3, -0.25) is 0 Å². The third kappa shape index (κ3) is 3.26. The lowest BCUT2D eigenvalue weighted by atomic mass is 10.2. The molecule has 0 spiro atoms. The monoisotopic (exact) mass is 226 g/mol. The van der Waals surface area contributed by atoms with Crippen LogP contribution in [0.1, 0.15) is 12.5 Å². The lowest BCUT2D eigenvalue weighted by Crippen LogP contribution is -1.99. The topological polar surface area (TPSA) is 26.3 Å². The van der Waals surface area contributed by atoms with Crippen LogP contribution in [0.25, 0.3) is 0 Å². The maximum absolute atomic E-state index is 13.3. The molecule has 0 amide bonds. The van der Waals surface area contributed by atoms with Gasteiger partial charge in [-0.2, -0.15) is 0 Å². The largest absolute Gasteiger partial charge is 0.456 e. The van der Waals surface area contributed by atoms with E-state index >= 15 is 0 Å². The van der Waals surface area contributed by atoms with E-state index in [0.29, 0.717) is 0 Å². The molecule has 15 heavy (non-hydrogen) atoms. The summed E-state index contributed by atoms with van der Waals surface area (Å²) in [6, 6.07) is 4.40. The number of carbonyl (C=O) groups excluding carboxylic acids is 1. The first-order valence-electron chi connectivity index (χ1n) is 4.28. The van der Waals surface area contributed by atoms with Crippen molar-refractivity contribution in [1.29, 1.82) is 0 Å². The molecule has 1 rings (SSSR count). The van der Waals surface area contributed by atoms with Crippen molar-refractivity contribution in [3.63, 3.8) is 0 Å². The van der Waals surface area contributed by atoms with E-state index in [9.17, 15) is 9.18 Å². The molecule has 0 atom stereocenters. The second-order valence-corrected chi connectivity index (χ2v) is 2.98. The molecule has 1 aromatic rings. The smallest absolute Gasteiger partial charge is 0.384 e. The summed E-state index contributed by atoms with van der Waals surface area (Å²) in [5, 5.41) is -0.0225. The molecule has 0 bridgehead atoms. The summed E-state index contributed by atoms with van der Waals surface area (Å²) in [5.74, 6) is 3.20. The molecule has 0 aliphatic heterocycles. The predicted molar refractivity (Wildman–Crippen MR) is 54.9 cm³/mol. The van der Waals surface area contributed by atoms with E-state index in [-0.39, 0.29) is 17.2 Å². The minimum absolute atomic E-state index is 0.0225. The summed E-state index contributed by atoms with van der Waals surface area (Å²) >= 11 is 5.53. The number of carbonyl (C=O) groups is 1. The van der Waals surface area contributed by atoms with Crippen molar-refractivity contribution in [2.45, 2.75) is 6.92 Å². The Kier molecular flexibility index (Phi) is 4.14. The standard InChI is InChI=1S/C11H8ClFO2/c1-2-15-10(14)7-6-8-4-3-5-9(12)11(8)13/h3-5H,2H2,1H3. The summed E-state index contributed by atoms with van der Waals surface area (Å²) in [4.78, 5) is 10.9. The molecule has 4 heteroatoms. The van der Waals surface area contributed by atoms with Gasteiger partial charge in [-0.25, -0.2) is 9.18 Å². The number of hydrogen-bond donors (Lipinski definition) is 0. The fourth-order valence-corrected chi connectivity index (χ4v) is 1.06. The van der Waals surface area contributed by atoms with Crippen molar-refractivity contribution < 1.29 is 13.9 Å². The third-order valence-electron chi connectivity index (χ3n) is 1.53. The van der Waals surface area contributed by atoms with Crippen LogP contribution in [0.3, 0.4) is 0 Å². The molecule has 0 aliphatic carbocycles. The first kappa shape index (κ1) is 11.5. The number of ether oxygens (including phenoxy) is 1. The van der Waals surface area contributed by atoms with E-state index < -0.39 is 11.8 Å². The molecular formula is C11H8ClFO2. The van der Waals surface area contributed by atoms with E-state index in [2.05, 4.69) is 16.6 Å². The number of esters is 1. The minimum atomic E-state index is -0.683. The van der Waals surface area contributed by atoms with E-state index in [1.54, 1.807) is 13.0 Å². The molecular weight excluding hydrogens is 219 g/mol. The van der Waals surface area contributed by atoms with Gasteiger partial charge in [0.2, 0.25) is 0 Å². The van der Waals surface area contributed by atoms with Crippen LogP contribution in [0, 0.1) is 17.7 Å². The van der Waals surface area contributed by atoms with E-state index in [1.165, 1.54) is 12.1 Å². The van der Waals surface area contributed by atoms with Crippen LogP contribution in [0.15, 0.2) is 18.2 Å². The maximum atomic E-state index is 13.3. The fraction of sp³-hybridized carbons (Fsp3) is 0.182. The Bertz CT molecular complexity index is 432. The highest BCUT2D eigenvalue weighted by atomic mass is 35.5. The van der Waals surface area contributed by atoms with Crippen molar-refractivity contribution in [2.24, 2.45) is 0 Å². The summed E-state index contributed by atoms with van der Waals surface area (Å²) < 4.78 is 17.8. The second kappa shape index (κ2) is 5.38. The molecule has 0 saturated heterocycles. The summed E-state index contributed by atoms with van der Waals surface area (Å²) in [7, 11) is 0. The Balaban J connectivity index is 2.89. The van der Waals surface area contributed by atoms with Crippen LogP contribution in [-0.4, -0.2) is 12.6 Å². The first-order valence-corrected chi connectivity index (χ1v) is 4.65. The second-order valence-electron chi connectivity index (χ2n) is 2.57. The Morgan fingerprint density at radius 2 is 2.33 bits per heavy atom. The maximum Gasteiger partial charge on any atom is 0.384 e. The molecule has 0 N–H and O–H groups in total. The number of hydrogen-bond acceptors (Lipinski definition) is 2. The molecule has 1 aromatic carbocycles. The highest BCUT2D eigenvalue weighted by Gasteiger charge is 2.03. The van der Waals surface area contributed by atoms with Gasteiger partial charge in [0.1, 0.15) is 0 Å². The lowest BCUT2D eigenvalue weighted by molar-refractivity contribution is -0.136. The van der Waals surface area contributed by atoms with Gasteiger partial charge in [0.15, 0.2) is 5.82 Å². The van der Waals surface area contributed by atoms with Crippen LogP contribution in [-0.2, 0) is 9.53 Å². The van der Waals surface area contributed by atoms with Gasteiger partial charge in [-0.1, -0.05) is 23.6 Å². The summed E-state index contributed by atoms with van der Waals surface area (Å²) in [6.07, 6.45) is 0. The zero-order chi connectivity index (χ0) is 11.3. The molecule has 0 heterocycles. The quantitative estimate of drug-likeness (QED) is 0.543. The molecule has 0 fully saturated rings. The highest BCUT2D eigenvalue weighted by molar-refractivity contribution is 6.30. The van der Waals surface area contributed by atoms with Gasteiger partial charge in [0, 0.05) is 5.92 Å². The van der Waals surface area contributed by atoms with Gasteiger partial charge >= 0.3 is 5.97 Å². The molecule has 0 unspecified atom stereocenters. The number of benzene rings is 1. The van der Waals surface area contributed by atoms with Gasteiger partial charge in [0.05, 0.1) is 17.2 Å². The minimum Gasteiger partial charge on any atom is -0.456 e. The van der Waals surface area contributed by atoms with Gasteiger partial charge in [0.25, 0.3) is 0 Å². The molecule has 2 nitrogen and oxygen atoms in total. The van der Waals surface area contributed by atoms with Crippen molar-refractivity contribution in [3.05, 3.63) is 34.6 Å². The van der Waals surface area contributed by atoms with Crippen LogP contribution in [0.4, 0.5) is 4.39 Å². The van der Waals surface area contributed by atoms with Crippen molar-refractivity contribution in [2.75, 3.05) is 6.61 Å². The van der Waals surface area contributed by atoms with Gasteiger partial charge in [-0.15, -0.1) is 0 Å². The van der Waals surface area contributed by atoms with Gasteiger partial charge < -0.3 is 4.74 Å². The first-order chi connectivity index (χ1) is 7.15. The number of halogens is 2. The number of rotatable bonds is 1. The Morgan fingerprint density at radius 3 is 3.00 bits per heavy atom. The van der Waals surface area contributed by atoms with Crippen molar-refractivity contribution >= 4 is 17.6 Å². The van der Waals surface area contributed by atoms with E-state index in [0.717, 1.165) is 0 Å². The molecule has 0 radical (unpaired) electrons. The molecule has 0 aliphatic rings. The van der Waals surface area contributed by atoms with Crippen molar-refractivity contribution in [1.82, 2.24) is 0 Å². The van der Waals surface area contributed by atoms with Crippen LogP contribution >= 0.6 is 11.6 Å². The average Bonchev–Trinajstić information content (AvgIpc) is 2.21. The van der Waals surface area contributed by atoms with Crippen LogP contribution < -0.4 is 0 Å².